The number of ether oxygens (including phenoxy) is 4. The number of esters is 4. The van der Waals surface area contributed by atoms with Gasteiger partial charge in [0.15, 0.2) is 12.2 Å². The van der Waals surface area contributed by atoms with Crippen LogP contribution < -0.4 is 0 Å². The predicted molar refractivity (Wildman–Crippen MR) is 432 cm³/mol. The standard InChI is InChI=1S/C86H164O17P2/c1-8-12-13-14-15-16-17-18-23-31-36-41-46-55-62-69-85(90)102-81(73-96-83(88)67-60-53-45-40-35-30-27-26-29-34-39-44-51-58-65-78(6)10-3)75-100-104(92,93)98-71-80(87)72-99-105(94,95)101-76-82(74-97-84(89)68-61-54-49-48-52-59-66-79(7)11-4)103-86(91)70-63-56-47-42-37-32-25-22-20-19-21-24-28-33-38-43-50-57-64-77(5)9-2/h16-18,23,77-82,87H,8-15,19-22,24-76H2,1-7H3,(H,92,93)(H,94,95)/b17-16-,23-18-/t77?,78?,79?,80-,81-,82-/m1/s1. The first-order valence-electron chi connectivity index (χ1n) is 43.8. The number of phosphoric acid groups is 2. The minimum atomic E-state index is -4.97. The number of hydrogen-bond donors (Lipinski definition) is 3. The van der Waals surface area contributed by atoms with Gasteiger partial charge in [-0.25, -0.2) is 9.13 Å². The Kier molecular flexibility index (Phi) is 73.8. The molecule has 0 aliphatic rings. The van der Waals surface area contributed by atoms with Crippen molar-refractivity contribution in [2.45, 2.75) is 446 Å². The fourth-order valence-electron chi connectivity index (χ4n) is 12.7. The Bertz CT molecular complexity index is 2130. The average Bonchev–Trinajstić information content (AvgIpc) is 0.908. The molecule has 0 saturated carbocycles. The van der Waals surface area contributed by atoms with Crippen molar-refractivity contribution in [3.63, 3.8) is 0 Å². The maximum absolute atomic E-state index is 13.1. The zero-order valence-electron chi connectivity index (χ0n) is 68.7. The molecule has 0 rings (SSSR count). The van der Waals surface area contributed by atoms with Crippen LogP contribution in [-0.2, 0) is 65.4 Å². The maximum atomic E-state index is 13.1. The molecule has 5 unspecified atom stereocenters. The van der Waals surface area contributed by atoms with Gasteiger partial charge in [0.2, 0.25) is 0 Å². The van der Waals surface area contributed by atoms with Gasteiger partial charge in [-0.05, 0) is 69.1 Å². The Balaban J connectivity index is 5.23. The molecule has 8 atom stereocenters. The predicted octanol–water partition coefficient (Wildman–Crippen LogP) is 25.6. The summed E-state index contributed by atoms with van der Waals surface area (Å²) < 4.78 is 68.8. The van der Waals surface area contributed by atoms with Gasteiger partial charge in [-0.15, -0.1) is 0 Å². The fraction of sp³-hybridized carbons (Fsp3) is 0.907. The van der Waals surface area contributed by atoms with Crippen molar-refractivity contribution >= 4 is 39.5 Å². The summed E-state index contributed by atoms with van der Waals surface area (Å²) in [6.45, 7) is 12.0. The second-order valence-electron chi connectivity index (χ2n) is 31.0. The Morgan fingerprint density at radius 3 is 0.800 bits per heavy atom. The van der Waals surface area contributed by atoms with Crippen molar-refractivity contribution in [1.29, 1.82) is 0 Å². The van der Waals surface area contributed by atoms with Crippen molar-refractivity contribution in [2.24, 2.45) is 17.8 Å². The first-order valence-corrected chi connectivity index (χ1v) is 46.8. The number of aliphatic hydroxyl groups excluding tert-OH is 1. The van der Waals surface area contributed by atoms with Crippen LogP contribution in [-0.4, -0.2) is 96.7 Å². The molecule has 0 aromatic carbocycles. The molecule has 620 valence electrons. The molecule has 19 heteroatoms. The van der Waals surface area contributed by atoms with E-state index in [0.29, 0.717) is 25.7 Å². The van der Waals surface area contributed by atoms with Gasteiger partial charge in [-0.3, -0.25) is 37.3 Å². The third-order valence-corrected chi connectivity index (χ3v) is 22.5. The quantitative estimate of drug-likeness (QED) is 0.0169. The number of phosphoric ester groups is 2. The molecule has 3 N–H and O–H groups in total. The molecule has 0 aliphatic heterocycles. The summed E-state index contributed by atoms with van der Waals surface area (Å²) in [5, 5.41) is 10.7. The molecule has 0 bridgehead atoms. The topological polar surface area (TPSA) is 237 Å². The Hall–Kier alpha value is -2.46. The number of carbonyl (C=O) groups excluding carboxylic acids is 4. The second-order valence-corrected chi connectivity index (χ2v) is 33.9. The molecule has 0 saturated heterocycles. The summed E-state index contributed by atoms with van der Waals surface area (Å²) in [6, 6.07) is 0. The third-order valence-electron chi connectivity index (χ3n) is 20.6. The fourth-order valence-corrected chi connectivity index (χ4v) is 14.3. The van der Waals surface area contributed by atoms with Crippen molar-refractivity contribution in [2.75, 3.05) is 39.6 Å². The van der Waals surface area contributed by atoms with Crippen LogP contribution in [0.25, 0.3) is 0 Å². The average molecular weight is 1530 g/mol. The van der Waals surface area contributed by atoms with E-state index < -0.39 is 97.5 Å². The maximum Gasteiger partial charge on any atom is 0.472 e. The van der Waals surface area contributed by atoms with E-state index in [1.165, 1.54) is 218 Å². The van der Waals surface area contributed by atoms with Crippen LogP contribution in [0.3, 0.4) is 0 Å². The Labute approximate surface area is 643 Å². The highest BCUT2D eigenvalue weighted by Crippen LogP contribution is 2.45. The van der Waals surface area contributed by atoms with Crippen LogP contribution in [0, 0.1) is 17.8 Å². The lowest BCUT2D eigenvalue weighted by molar-refractivity contribution is -0.161. The normalized spacial score (nSPS) is 14.8. The smallest absolute Gasteiger partial charge is 0.462 e. The first kappa shape index (κ1) is 103. The van der Waals surface area contributed by atoms with Crippen LogP contribution >= 0.6 is 15.6 Å². The van der Waals surface area contributed by atoms with E-state index in [9.17, 15) is 43.2 Å². The molecule has 17 nitrogen and oxygen atoms in total. The van der Waals surface area contributed by atoms with Gasteiger partial charge < -0.3 is 33.8 Å². The van der Waals surface area contributed by atoms with E-state index in [4.69, 9.17) is 37.0 Å². The first-order chi connectivity index (χ1) is 50.8. The molecule has 0 heterocycles. The summed E-state index contributed by atoms with van der Waals surface area (Å²) in [5.74, 6) is 0.310. The Morgan fingerprint density at radius 2 is 0.533 bits per heavy atom. The molecule has 105 heavy (non-hydrogen) atoms. The zero-order valence-corrected chi connectivity index (χ0v) is 70.5. The highest BCUT2D eigenvalue weighted by Gasteiger charge is 2.30. The summed E-state index contributed by atoms with van der Waals surface area (Å²) in [4.78, 5) is 73.2. The molecule has 0 fully saturated rings. The summed E-state index contributed by atoms with van der Waals surface area (Å²) in [5.41, 5.74) is 0. The lowest BCUT2D eigenvalue weighted by Crippen LogP contribution is -2.30. The number of allylic oxidation sites excluding steroid dienone is 4. The highest BCUT2D eigenvalue weighted by molar-refractivity contribution is 7.47. The third kappa shape index (κ3) is 75.4. The van der Waals surface area contributed by atoms with E-state index in [0.717, 1.165) is 127 Å². The van der Waals surface area contributed by atoms with Gasteiger partial charge in [0.1, 0.15) is 19.3 Å². The number of unbranched alkanes of at least 4 members (excludes halogenated alkanes) is 44. The van der Waals surface area contributed by atoms with Crippen molar-refractivity contribution in [3.05, 3.63) is 24.3 Å². The molecular formula is C86H164O17P2. The highest BCUT2D eigenvalue weighted by atomic mass is 31.2. The Morgan fingerprint density at radius 1 is 0.305 bits per heavy atom. The molecule has 0 aromatic rings. The van der Waals surface area contributed by atoms with Crippen LogP contribution in [0.5, 0.6) is 0 Å². The van der Waals surface area contributed by atoms with Gasteiger partial charge in [0.25, 0.3) is 0 Å². The number of aliphatic hydroxyl groups is 1. The van der Waals surface area contributed by atoms with Crippen LogP contribution in [0.1, 0.15) is 427 Å². The number of hydrogen-bond acceptors (Lipinski definition) is 15. The lowest BCUT2D eigenvalue weighted by Gasteiger charge is -2.21. The van der Waals surface area contributed by atoms with Crippen LogP contribution in [0.2, 0.25) is 0 Å². The SMILES string of the molecule is CCCCCC/C=C\C=C/CCCCCCCC(=O)O[C@H](COC(=O)CCCCCCCCCCCCCCCCC(C)CC)COP(=O)(O)OC[C@@H](O)COP(=O)(O)OC[C@@H](COC(=O)CCCCCCCCC(C)CC)OC(=O)CCCCCCCCCCCCCCCCCCCCC(C)CC. The van der Waals surface area contributed by atoms with E-state index in [1.54, 1.807) is 0 Å². The zero-order chi connectivity index (χ0) is 77.2. The summed E-state index contributed by atoms with van der Waals surface area (Å²) in [6.07, 6.45) is 68.8. The van der Waals surface area contributed by atoms with Crippen LogP contribution in [0.4, 0.5) is 0 Å². The largest absolute Gasteiger partial charge is 0.472 e. The van der Waals surface area contributed by atoms with E-state index in [-0.39, 0.29) is 25.7 Å². The monoisotopic (exact) mass is 1530 g/mol. The van der Waals surface area contributed by atoms with Crippen molar-refractivity contribution in [3.8, 4) is 0 Å². The summed E-state index contributed by atoms with van der Waals surface area (Å²) in [7, 11) is -9.94. The van der Waals surface area contributed by atoms with Gasteiger partial charge in [0, 0.05) is 25.7 Å². The molecule has 0 aliphatic carbocycles. The molecule has 0 aromatic heterocycles. The summed E-state index contributed by atoms with van der Waals surface area (Å²) >= 11 is 0. The van der Waals surface area contributed by atoms with Gasteiger partial charge in [0.05, 0.1) is 26.4 Å². The van der Waals surface area contributed by atoms with Gasteiger partial charge >= 0.3 is 39.5 Å². The second kappa shape index (κ2) is 75.6. The number of rotatable bonds is 82. The molecular weight excluding hydrogens is 1370 g/mol. The van der Waals surface area contributed by atoms with Gasteiger partial charge in [-0.1, -0.05) is 375 Å². The van der Waals surface area contributed by atoms with Crippen LogP contribution in [0.15, 0.2) is 24.3 Å². The lowest BCUT2D eigenvalue weighted by atomic mass is 9.99. The molecule has 0 radical (unpaired) electrons. The molecule has 0 spiro atoms. The van der Waals surface area contributed by atoms with Crippen molar-refractivity contribution < 1.29 is 80.2 Å². The van der Waals surface area contributed by atoms with E-state index in [1.807, 2.05) is 0 Å². The number of carbonyl (C=O) groups is 4. The van der Waals surface area contributed by atoms with Crippen molar-refractivity contribution in [1.82, 2.24) is 0 Å². The van der Waals surface area contributed by atoms with E-state index >= 15 is 0 Å². The van der Waals surface area contributed by atoms with E-state index in [2.05, 4.69) is 72.8 Å². The minimum Gasteiger partial charge on any atom is -0.462 e. The minimum absolute atomic E-state index is 0.0852. The van der Waals surface area contributed by atoms with Gasteiger partial charge in [-0.2, -0.15) is 0 Å². The molecule has 0 amide bonds.